The highest BCUT2D eigenvalue weighted by atomic mass is 79.9. The molecule has 0 aliphatic carbocycles. The molecule has 2 aromatic rings. The maximum atomic E-state index is 9.01. The number of hydrogen-bond acceptors (Lipinski definition) is 4. The standard InChI is InChI=1S/C15H14BrN3O/c1-10-5-13(16)6-12(7-17)15(10)20-9-11-3-2-4-19-14(11)8-18/h2-6H,7,9,17H2,1H3. The van der Waals surface area contributed by atoms with Crippen molar-refractivity contribution < 1.29 is 4.74 Å². The van der Waals surface area contributed by atoms with Crippen LogP contribution in [0, 0.1) is 18.3 Å². The van der Waals surface area contributed by atoms with Crippen molar-refractivity contribution in [2.45, 2.75) is 20.1 Å². The maximum absolute atomic E-state index is 9.01. The van der Waals surface area contributed by atoms with E-state index in [9.17, 15) is 0 Å². The Hall–Kier alpha value is -1.90. The van der Waals surface area contributed by atoms with E-state index in [1.165, 1.54) is 0 Å². The Kier molecular flexibility index (Phi) is 4.72. The first kappa shape index (κ1) is 14.5. The first-order chi connectivity index (χ1) is 9.65. The first-order valence-corrected chi connectivity index (χ1v) is 6.91. The summed E-state index contributed by atoms with van der Waals surface area (Å²) >= 11 is 3.44. The maximum Gasteiger partial charge on any atom is 0.147 e. The molecule has 2 N–H and O–H groups in total. The number of hydrogen-bond donors (Lipinski definition) is 1. The molecule has 1 aromatic heterocycles. The van der Waals surface area contributed by atoms with Gasteiger partial charge in [-0.3, -0.25) is 0 Å². The minimum Gasteiger partial charge on any atom is -0.488 e. The van der Waals surface area contributed by atoms with Gasteiger partial charge >= 0.3 is 0 Å². The van der Waals surface area contributed by atoms with E-state index in [1.807, 2.05) is 25.1 Å². The molecular weight excluding hydrogens is 318 g/mol. The zero-order valence-corrected chi connectivity index (χ0v) is 12.6. The molecule has 4 nitrogen and oxygen atoms in total. The number of ether oxygens (including phenoxy) is 1. The highest BCUT2D eigenvalue weighted by Gasteiger charge is 2.10. The number of halogens is 1. The summed E-state index contributed by atoms with van der Waals surface area (Å²) in [7, 11) is 0. The molecule has 102 valence electrons. The van der Waals surface area contributed by atoms with Gasteiger partial charge in [0.2, 0.25) is 0 Å². The predicted octanol–water partition coefficient (Wildman–Crippen LogP) is 3.06. The molecule has 0 atom stereocenters. The molecule has 0 saturated heterocycles. The van der Waals surface area contributed by atoms with Gasteiger partial charge in [-0.05, 0) is 30.7 Å². The third kappa shape index (κ3) is 3.16. The van der Waals surface area contributed by atoms with Crippen molar-refractivity contribution in [2.75, 3.05) is 0 Å². The Morgan fingerprint density at radius 2 is 2.20 bits per heavy atom. The molecule has 0 saturated carbocycles. The highest BCUT2D eigenvalue weighted by Crippen LogP contribution is 2.28. The average Bonchev–Trinajstić information content (AvgIpc) is 2.45. The SMILES string of the molecule is Cc1cc(Br)cc(CN)c1OCc1cccnc1C#N. The van der Waals surface area contributed by atoms with Crippen LogP contribution in [0.15, 0.2) is 34.9 Å². The normalized spacial score (nSPS) is 10.1. The number of pyridine rings is 1. The van der Waals surface area contributed by atoms with Crippen molar-refractivity contribution in [3.05, 3.63) is 57.3 Å². The Bertz CT molecular complexity index is 665. The van der Waals surface area contributed by atoms with Crippen LogP contribution >= 0.6 is 15.9 Å². The number of nitrogens with zero attached hydrogens (tertiary/aromatic N) is 2. The Morgan fingerprint density at radius 1 is 1.40 bits per heavy atom. The van der Waals surface area contributed by atoms with Crippen molar-refractivity contribution in [1.29, 1.82) is 5.26 Å². The summed E-state index contributed by atoms with van der Waals surface area (Å²) in [6.45, 7) is 2.66. The van der Waals surface area contributed by atoms with Gasteiger partial charge in [-0.2, -0.15) is 5.26 Å². The molecular formula is C15H14BrN3O. The second-order valence-corrected chi connectivity index (χ2v) is 5.24. The Balaban J connectivity index is 2.25. The van der Waals surface area contributed by atoms with Crippen molar-refractivity contribution in [1.82, 2.24) is 4.98 Å². The van der Waals surface area contributed by atoms with Crippen molar-refractivity contribution in [2.24, 2.45) is 5.73 Å². The smallest absolute Gasteiger partial charge is 0.147 e. The van der Waals surface area contributed by atoms with Crippen LogP contribution < -0.4 is 10.5 Å². The number of nitriles is 1. The van der Waals surface area contributed by atoms with Gasteiger partial charge in [0.05, 0.1) is 0 Å². The molecule has 20 heavy (non-hydrogen) atoms. The number of aryl methyl sites for hydroxylation is 1. The fourth-order valence-electron chi connectivity index (χ4n) is 1.96. The molecule has 5 heteroatoms. The second kappa shape index (κ2) is 6.51. The van der Waals surface area contributed by atoms with E-state index in [0.717, 1.165) is 26.9 Å². The number of benzene rings is 1. The number of nitrogens with two attached hydrogens (primary N) is 1. The molecule has 1 aromatic carbocycles. The fourth-order valence-corrected chi connectivity index (χ4v) is 2.58. The fraction of sp³-hybridized carbons (Fsp3) is 0.200. The molecule has 1 heterocycles. The second-order valence-electron chi connectivity index (χ2n) is 4.33. The van der Waals surface area contributed by atoms with Gasteiger partial charge < -0.3 is 10.5 Å². The van der Waals surface area contributed by atoms with E-state index in [2.05, 4.69) is 27.0 Å². The van der Waals surface area contributed by atoms with Crippen LogP contribution in [-0.2, 0) is 13.2 Å². The van der Waals surface area contributed by atoms with Crippen molar-refractivity contribution in [3.8, 4) is 11.8 Å². The molecule has 0 fully saturated rings. The molecule has 0 radical (unpaired) electrons. The largest absolute Gasteiger partial charge is 0.488 e. The van der Waals surface area contributed by atoms with Gasteiger partial charge in [0, 0.05) is 28.3 Å². The predicted molar refractivity (Wildman–Crippen MR) is 80.1 cm³/mol. The van der Waals surface area contributed by atoms with E-state index in [0.29, 0.717) is 18.8 Å². The number of aromatic nitrogens is 1. The quantitative estimate of drug-likeness (QED) is 0.934. The third-order valence-corrected chi connectivity index (χ3v) is 3.36. The van der Waals surface area contributed by atoms with Gasteiger partial charge in [-0.1, -0.05) is 22.0 Å². The van der Waals surface area contributed by atoms with Gasteiger partial charge in [0.25, 0.3) is 0 Å². The lowest BCUT2D eigenvalue weighted by Crippen LogP contribution is -2.06. The van der Waals surface area contributed by atoms with Gasteiger partial charge in [-0.25, -0.2) is 4.98 Å². The van der Waals surface area contributed by atoms with Crippen molar-refractivity contribution in [3.63, 3.8) is 0 Å². The van der Waals surface area contributed by atoms with Gasteiger partial charge in [0.1, 0.15) is 24.1 Å². The highest BCUT2D eigenvalue weighted by molar-refractivity contribution is 9.10. The van der Waals surface area contributed by atoms with E-state index in [4.69, 9.17) is 15.7 Å². The summed E-state index contributed by atoms with van der Waals surface area (Å²) in [5.41, 5.74) is 8.83. The average molecular weight is 332 g/mol. The van der Waals surface area contributed by atoms with Crippen LogP contribution in [0.3, 0.4) is 0 Å². The Morgan fingerprint density at radius 3 is 2.90 bits per heavy atom. The summed E-state index contributed by atoms with van der Waals surface area (Å²) in [6, 6.07) is 9.60. The van der Waals surface area contributed by atoms with E-state index < -0.39 is 0 Å². The molecule has 0 aliphatic heterocycles. The van der Waals surface area contributed by atoms with Crippen LogP contribution in [0.4, 0.5) is 0 Å². The molecule has 0 amide bonds. The number of rotatable bonds is 4. The molecule has 0 spiro atoms. The summed E-state index contributed by atoms with van der Waals surface area (Å²) < 4.78 is 6.82. The lowest BCUT2D eigenvalue weighted by atomic mass is 10.1. The van der Waals surface area contributed by atoms with E-state index >= 15 is 0 Å². The topological polar surface area (TPSA) is 71.9 Å². The summed E-state index contributed by atoms with van der Waals surface area (Å²) in [6.07, 6.45) is 1.60. The first-order valence-electron chi connectivity index (χ1n) is 6.11. The zero-order valence-electron chi connectivity index (χ0n) is 11.1. The monoisotopic (exact) mass is 331 g/mol. The molecule has 2 rings (SSSR count). The summed E-state index contributed by atoms with van der Waals surface area (Å²) in [5, 5.41) is 9.01. The van der Waals surface area contributed by atoms with Gasteiger partial charge in [-0.15, -0.1) is 0 Å². The Labute approximate surface area is 126 Å². The van der Waals surface area contributed by atoms with Crippen LogP contribution in [0.5, 0.6) is 5.75 Å². The molecule has 0 aliphatic rings. The summed E-state index contributed by atoms with van der Waals surface area (Å²) in [4.78, 5) is 4.02. The minimum absolute atomic E-state index is 0.298. The van der Waals surface area contributed by atoms with Gasteiger partial charge in [0.15, 0.2) is 0 Å². The van der Waals surface area contributed by atoms with Crippen LogP contribution in [0.1, 0.15) is 22.4 Å². The molecule has 0 unspecified atom stereocenters. The van der Waals surface area contributed by atoms with E-state index in [-0.39, 0.29) is 0 Å². The van der Waals surface area contributed by atoms with Crippen LogP contribution in [-0.4, -0.2) is 4.98 Å². The zero-order chi connectivity index (χ0) is 14.5. The molecule has 0 bridgehead atoms. The third-order valence-electron chi connectivity index (χ3n) is 2.91. The lowest BCUT2D eigenvalue weighted by Gasteiger charge is -2.14. The van der Waals surface area contributed by atoms with Crippen LogP contribution in [0.25, 0.3) is 0 Å². The van der Waals surface area contributed by atoms with Crippen molar-refractivity contribution >= 4 is 15.9 Å². The van der Waals surface area contributed by atoms with Crippen LogP contribution in [0.2, 0.25) is 0 Å². The summed E-state index contributed by atoms with van der Waals surface area (Å²) in [5.74, 6) is 0.767. The lowest BCUT2D eigenvalue weighted by molar-refractivity contribution is 0.300. The minimum atomic E-state index is 0.298. The van der Waals surface area contributed by atoms with E-state index in [1.54, 1.807) is 12.3 Å².